The largest absolute Gasteiger partial charge is 0.453 e. The third kappa shape index (κ3) is 4.71. The number of piperidine rings is 1. The normalized spacial score (nSPS) is 19.5. The first-order chi connectivity index (χ1) is 14.8. The number of hydrogen-bond acceptors (Lipinski definition) is 3. The van der Waals surface area contributed by atoms with Crippen molar-refractivity contribution in [3.8, 4) is 12.3 Å². The highest BCUT2D eigenvalue weighted by Gasteiger charge is 2.52. The first-order valence-electron chi connectivity index (χ1n) is 10.9. The predicted octanol–water partition coefficient (Wildman–Crippen LogP) is 4.19. The lowest BCUT2D eigenvalue weighted by molar-refractivity contribution is 0.0441. The molecule has 1 aliphatic heterocycles. The lowest BCUT2D eigenvalue weighted by Crippen LogP contribution is -2.68. The Hall–Kier alpha value is -2.55. The Morgan fingerprint density at radius 3 is 2.10 bits per heavy atom. The van der Waals surface area contributed by atoms with Gasteiger partial charge in [-0.15, -0.1) is 12.3 Å². The van der Waals surface area contributed by atoms with Crippen molar-refractivity contribution >= 4 is 24.8 Å². The van der Waals surface area contributed by atoms with Crippen LogP contribution in [-0.4, -0.2) is 45.1 Å². The highest BCUT2D eigenvalue weighted by Crippen LogP contribution is 2.39. The van der Waals surface area contributed by atoms with E-state index in [1.54, 1.807) is 4.90 Å². The molecule has 1 amide bonds. The molecule has 0 unspecified atom stereocenters. The standard InChI is InChI=1S/C26H33NO3Si/c1-6-13-21-20-22(18-19-27(21)25(28)29-5)30-31(26(2,3)4,23-14-9-7-10-15-23)24-16-11-8-12-17-24/h1,7-12,14-17,21-22H,13,18-20H2,2-5H3/t21-,22-/m0/s1. The molecule has 0 saturated carbocycles. The first-order valence-corrected chi connectivity index (χ1v) is 12.8. The van der Waals surface area contributed by atoms with Gasteiger partial charge in [-0.25, -0.2) is 4.79 Å². The van der Waals surface area contributed by atoms with Crippen LogP contribution >= 0.6 is 0 Å². The molecule has 4 nitrogen and oxygen atoms in total. The molecule has 0 aromatic heterocycles. The zero-order valence-corrected chi connectivity index (χ0v) is 20.0. The highest BCUT2D eigenvalue weighted by molar-refractivity contribution is 6.99. The lowest BCUT2D eigenvalue weighted by Gasteiger charge is -2.47. The second-order valence-electron chi connectivity index (χ2n) is 9.15. The number of benzene rings is 2. The number of terminal acetylenes is 1. The maximum atomic E-state index is 12.2. The second kappa shape index (κ2) is 9.72. The van der Waals surface area contributed by atoms with Crippen LogP contribution in [0, 0.1) is 12.3 Å². The second-order valence-corrected chi connectivity index (χ2v) is 13.4. The first kappa shape index (κ1) is 23.1. The van der Waals surface area contributed by atoms with Gasteiger partial charge >= 0.3 is 6.09 Å². The Bertz CT molecular complexity index is 862. The molecular weight excluding hydrogens is 402 g/mol. The molecule has 5 heteroatoms. The maximum absolute atomic E-state index is 12.2. The monoisotopic (exact) mass is 435 g/mol. The van der Waals surface area contributed by atoms with Crippen LogP contribution in [0.3, 0.4) is 0 Å². The van der Waals surface area contributed by atoms with Crippen LogP contribution in [0.5, 0.6) is 0 Å². The molecule has 1 fully saturated rings. The van der Waals surface area contributed by atoms with E-state index >= 15 is 0 Å². The van der Waals surface area contributed by atoms with E-state index in [0.717, 1.165) is 6.42 Å². The number of hydrogen-bond donors (Lipinski definition) is 0. The van der Waals surface area contributed by atoms with E-state index in [4.69, 9.17) is 15.6 Å². The summed E-state index contributed by atoms with van der Waals surface area (Å²) in [6, 6.07) is 21.2. The molecule has 2 aromatic rings. The zero-order valence-electron chi connectivity index (χ0n) is 19.0. The van der Waals surface area contributed by atoms with Gasteiger partial charge in [0.05, 0.1) is 7.11 Å². The number of rotatable bonds is 5. The van der Waals surface area contributed by atoms with Crippen molar-refractivity contribution in [3.63, 3.8) is 0 Å². The molecule has 1 aliphatic rings. The Morgan fingerprint density at radius 2 is 1.65 bits per heavy atom. The third-order valence-electron chi connectivity index (χ3n) is 6.19. The summed E-state index contributed by atoms with van der Waals surface area (Å²) in [5.41, 5.74) is 0. The summed E-state index contributed by atoms with van der Waals surface area (Å²) in [5, 5.41) is 2.44. The van der Waals surface area contributed by atoms with Gasteiger partial charge in [0.1, 0.15) is 0 Å². The Labute approximate surface area is 187 Å². The maximum Gasteiger partial charge on any atom is 0.409 e. The number of nitrogens with zero attached hydrogens (tertiary/aromatic N) is 1. The quantitative estimate of drug-likeness (QED) is 0.522. The van der Waals surface area contributed by atoms with Crippen molar-refractivity contribution in [2.24, 2.45) is 0 Å². The van der Waals surface area contributed by atoms with Gasteiger partial charge in [-0.3, -0.25) is 0 Å². The van der Waals surface area contributed by atoms with E-state index in [0.29, 0.717) is 19.4 Å². The van der Waals surface area contributed by atoms with Gasteiger partial charge in [0.2, 0.25) is 0 Å². The number of carbonyl (C=O) groups is 1. The number of methoxy groups -OCH3 is 1. The average Bonchev–Trinajstić information content (AvgIpc) is 2.77. The summed E-state index contributed by atoms with van der Waals surface area (Å²) >= 11 is 0. The summed E-state index contributed by atoms with van der Waals surface area (Å²) in [5.74, 6) is 2.73. The van der Waals surface area contributed by atoms with E-state index in [-0.39, 0.29) is 23.3 Å². The molecule has 1 saturated heterocycles. The molecule has 0 radical (unpaired) electrons. The van der Waals surface area contributed by atoms with Gasteiger partial charge in [-0.2, -0.15) is 0 Å². The lowest BCUT2D eigenvalue weighted by atomic mass is 9.98. The van der Waals surface area contributed by atoms with E-state index in [1.165, 1.54) is 17.5 Å². The van der Waals surface area contributed by atoms with Gasteiger partial charge in [-0.1, -0.05) is 81.4 Å². The summed E-state index contributed by atoms with van der Waals surface area (Å²) in [6.45, 7) is 7.42. The average molecular weight is 436 g/mol. The molecule has 164 valence electrons. The number of likely N-dealkylation sites (tertiary alicyclic amines) is 1. The SMILES string of the molecule is C#CC[C@H]1C[C@@H](O[Si](c2ccccc2)(c2ccccc2)C(C)(C)C)CCN1C(=O)OC. The van der Waals surface area contributed by atoms with Crippen molar-refractivity contribution in [1.29, 1.82) is 0 Å². The number of amides is 1. The molecule has 0 aliphatic carbocycles. The minimum atomic E-state index is -2.63. The van der Waals surface area contributed by atoms with E-state index in [1.807, 2.05) is 12.1 Å². The fraction of sp³-hybridized carbons (Fsp3) is 0.423. The molecule has 2 aromatic carbocycles. The fourth-order valence-electron chi connectivity index (χ4n) is 4.75. The molecule has 2 atom stereocenters. The molecule has 3 rings (SSSR count). The molecule has 1 heterocycles. The van der Waals surface area contributed by atoms with E-state index in [2.05, 4.69) is 75.2 Å². The van der Waals surface area contributed by atoms with Gasteiger partial charge in [0, 0.05) is 25.1 Å². The Kier molecular flexibility index (Phi) is 7.25. The summed E-state index contributed by atoms with van der Waals surface area (Å²) in [6.07, 6.45) is 7.30. The van der Waals surface area contributed by atoms with Crippen LogP contribution in [0.4, 0.5) is 4.79 Å². The molecule has 0 spiro atoms. The van der Waals surface area contributed by atoms with Crippen molar-refractivity contribution in [2.75, 3.05) is 13.7 Å². The zero-order chi connectivity index (χ0) is 22.5. The summed E-state index contributed by atoms with van der Waals surface area (Å²) < 4.78 is 12.2. The molecule has 31 heavy (non-hydrogen) atoms. The fourth-order valence-corrected chi connectivity index (χ4v) is 9.48. The van der Waals surface area contributed by atoms with Gasteiger partial charge in [0.25, 0.3) is 8.32 Å². The summed E-state index contributed by atoms with van der Waals surface area (Å²) in [4.78, 5) is 14.0. The van der Waals surface area contributed by atoms with Crippen LogP contribution in [0.25, 0.3) is 0 Å². The van der Waals surface area contributed by atoms with Crippen LogP contribution in [-0.2, 0) is 9.16 Å². The van der Waals surface area contributed by atoms with Crippen LogP contribution < -0.4 is 10.4 Å². The smallest absolute Gasteiger partial charge is 0.409 e. The van der Waals surface area contributed by atoms with Gasteiger partial charge < -0.3 is 14.1 Å². The van der Waals surface area contributed by atoms with Crippen LogP contribution in [0.15, 0.2) is 60.7 Å². The van der Waals surface area contributed by atoms with Crippen molar-refractivity contribution < 1.29 is 14.0 Å². The predicted molar refractivity (Wildman–Crippen MR) is 128 cm³/mol. The van der Waals surface area contributed by atoms with Crippen molar-refractivity contribution in [3.05, 3.63) is 60.7 Å². The number of ether oxygens (including phenoxy) is 1. The molecule has 0 bridgehead atoms. The number of carbonyl (C=O) groups excluding carboxylic acids is 1. The molecular formula is C26H33NO3Si. The van der Waals surface area contributed by atoms with E-state index in [9.17, 15) is 4.79 Å². The van der Waals surface area contributed by atoms with E-state index < -0.39 is 8.32 Å². The Balaban J connectivity index is 2.02. The minimum Gasteiger partial charge on any atom is -0.453 e. The van der Waals surface area contributed by atoms with Gasteiger partial charge in [0.15, 0.2) is 0 Å². The highest BCUT2D eigenvalue weighted by atomic mass is 28.4. The minimum absolute atomic E-state index is 0.0190. The molecule has 0 N–H and O–H groups in total. The van der Waals surface area contributed by atoms with Crippen molar-refractivity contribution in [2.45, 2.75) is 57.2 Å². The Morgan fingerprint density at radius 1 is 1.10 bits per heavy atom. The third-order valence-corrected chi connectivity index (χ3v) is 11.3. The van der Waals surface area contributed by atoms with Crippen LogP contribution in [0.2, 0.25) is 5.04 Å². The van der Waals surface area contributed by atoms with Gasteiger partial charge in [-0.05, 0) is 28.3 Å². The van der Waals surface area contributed by atoms with Crippen molar-refractivity contribution in [1.82, 2.24) is 4.90 Å². The van der Waals surface area contributed by atoms with Crippen LogP contribution in [0.1, 0.15) is 40.0 Å². The topological polar surface area (TPSA) is 38.8 Å². The summed E-state index contributed by atoms with van der Waals surface area (Å²) in [7, 11) is -1.22.